The summed E-state index contributed by atoms with van der Waals surface area (Å²) in [5.41, 5.74) is 6.00. The second-order valence-corrected chi connectivity index (χ2v) is 7.19. The molecule has 0 aliphatic carbocycles. The monoisotopic (exact) mass is 297 g/mol. The molecule has 0 aromatic heterocycles. The van der Waals surface area contributed by atoms with Gasteiger partial charge in [-0.15, -0.1) is 0 Å². The fraction of sp³-hybridized carbons (Fsp3) is 0.941. The molecule has 1 aliphatic heterocycles. The van der Waals surface area contributed by atoms with Crippen LogP contribution >= 0.6 is 0 Å². The number of carbonyl (C=O) groups excluding carboxylic acids is 1. The zero-order chi connectivity index (χ0) is 16.0. The van der Waals surface area contributed by atoms with Crippen molar-refractivity contribution in [1.82, 2.24) is 10.2 Å². The number of rotatable bonds is 7. The van der Waals surface area contributed by atoms with Crippen LogP contribution in [0.1, 0.15) is 53.9 Å². The number of amides is 1. The van der Waals surface area contributed by atoms with Gasteiger partial charge in [-0.25, -0.2) is 0 Å². The Morgan fingerprint density at radius 1 is 1.29 bits per heavy atom. The molecule has 3 N–H and O–H groups in total. The van der Waals surface area contributed by atoms with Gasteiger partial charge >= 0.3 is 0 Å². The molecule has 0 aromatic carbocycles. The quantitative estimate of drug-likeness (QED) is 0.757. The van der Waals surface area contributed by atoms with Gasteiger partial charge in [0.1, 0.15) is 0 Å². The number of hydrogen-bond acceptors (Lipinski definition) is 3. The van der Waals surface area contributed by atoms with Gasteiger partial charge in [-0.1, -0.05) is 41.0 Å². The lowest BCUT2D eigenvalue weighted by Crippen LogP contribution is -2.52. The van der Waals surface area contributed by atoms with Crippen LogP contribution in [0.4, 0.5) is 0 Å². The zero-order valence-electron chi connectivity index (χ0n) is 14.6. The van der Waals surface area contributed by atoms with Gasteiger partial charge < -0.3 is 11.1 Å². The summed E-state index contributed by atoms with van der Waals surface area (Å²) >= 11 is 0. The van der Waals surface area contributed by atoms with E-state index >= 15 is 0 Å². The van der Waals surface area contributed by atoms with E-state index in [0.717, 1.165) is 32.0 Å². The highest BCUT2D eigenvalue weighted by atomic mass is 16.2. The lowest BCUT2D eigenvalue weighted by Gasteiger charge is -2.39. The van der Waals surface area contributed by atoms with Gasteiger partial charge in [-0.3, -0.25) is 9.69 Å². The first-order valence-corrected chi connectivity index (χ1v) is 8.64. The molecule has 1 fully saturated rings. The standard InChI is InChI=1S/C17H35N3O/c1-6-14(5)16(18)17(21)19-11-15(12(2)3)20-9-7-13(4)8-10-20/h12-16H,6-11,18H2,1-5H3,(H,19,21). The van der Waals surface area contributed by atoms with Crippen molar-refractivity contribution in [1.29, 1.82) is 0 Å². The second-order valence-electron chi connectivity index (χ2n) is 7.19. The Kier molecular flexibility index (Phi) is 7.67. The molecule has 1 heterocycles. The summed E-state index contributed by atoms with van der Waals surface area (Å²) in [6.45, 7) is 13.9. The van der Waals surface area contributed by atoms with Crippen molar-refractivity contribution in [2.75, 3.05) is 19.6 Å². The predicted octanol–water partition coefficient (Wildman–Crippen LogP) is 2.23. The maximum absolute atomic E-state index is 12.2. The van der Waals surface area contributed by atoms with Crippen LogP contribution in [0.25, 0.3) is 0 Å². The zero-order valence-corrected chi connectivity index (χ0v) is 14.6. The number of carbonyl (C=O) groups is 1. The molecule has 124 valence electrons. The SMILES string of the molecule is CCC(C)C(N)C(=O)NCC(C(C)C)N1CCC(C)CC1. The first-order chi connectivity index (χ1) is 9.86. The summed E-state index contributed by atoms with van der Waals surface area (Å²) in [6.07, 6.45) is 3.47. The van der Waals surface area contributed by atoms with Crippen LogP contribution in [-0.4, -0.2) is 42.5 Å². The van der Waals surface area contributed by atoms with Crippen molar-refractivity contribution >= 4 is 5.91 Å². The maximum atomic E-state index is 12.2. The van der Waals surface area contributed by atoms with Crippen LogP contribution in [0, 0.1) is 17.8 Å². The van der Waals surface area contributed by atoms with Crippen LogP contribution in [0.15, 0.2) is 0 Å². The van der Waals surface area contributed by atoms with Crippen LogP contribution in [0.3, 0.4) is 0 Å². The van der Waals surface area contributed by atoms with Gasteiger partial charge in [0, 0.05) is 12.6 Å². The molecule has 1 rings (SSSR count). The molecule has 4 nitrogen and oxygen atoms in total. The molecule has 3 atom stereocenters. The molecule has 1 saturated heterocycles. The van der Waals surface area contributed by atoms with Gasteiger partial charge in [0.05, 0.1) is 6.04 Å². The lowest BCUT2D eigenvalue weighted by atomic mass is 9.94. The minimum Gasteiger partial charge on any atom is -0.353 e. The number of hydrogen-bond donors (Lipinski definition) is 2. The number of likely N-dealkylation sites (tertiary alicyclic amines) is 1. The van der Waals surface area contributed by atoms with Crippen LogP contribution in [0.2, 0.25) is 0 Å². The van der Waals surface area contributed by atoms with Crippen molar-refractivity contribution < 1.29 is 4.79 Å². The first-order valence-electron chi connectivity index (χ1n) is 8.64. The molecule has 3 unspecified atom stereocenters. The van der Waals surface area contributed by atoms with Crippen LogP contribution < -0.4 is 11.1 Å². The highest BCUT2D eigenvalue weighted by molar-refractivity contribution is 5.81. The largest absolute Gasteiger partial charge is 0.353 e. The van der Waals surface area contributed by atoms with Gasteiger partial charge in [0.25, 0.3) is 0 Å². The first kappa shape index (κ1) is 18.4. The molecule has 0 bridgehead atoms. The smallest absolute Gasteiger partial charge is 0.237 e. The van der Waals surface area contributed by atoms with E-state index in [1.807, 2.05) is 6.92 Å². The lowest BCUT2D eigenvalue weighted by molar-refractivity contribution is -0.123. The van der Waals surface area contributed by atoms with Gasteiger partial charge in [-0.05, 0) is 43.7 Å². The Labute approximate surface area is 130 Å². The average Bonchev–Trinajstić information content (AvgIpc) is 2.47. The van der Waals surface area contributed by atoms with E-state index in [0.29, 0.717) is 12.0 Å². The average molecular weight is 297 g/mol. The molecule has 0 radical (unpaired) electrons. The normalized spacial score (nSPS) is 22.0. The summed E-state index contributed by atoms with van der Waals surface area (Å²) in [5.74, 6) is 1.61. The number of nitrogens with zero attached hydrogens (tertiary/aromatic N) is 1. The fourth-order valence-electron chi connectivity index (χ4n) is 2.98. The molecular weight excluding hydrogens is 262 g/mol. The van der Waals surface area contributed by atoms with E-state index in [1.54, 1.807) is 0 Å². The molecule has 21 heavy (non-hydrogen) atoms. The van der Waals surface area contributed by atoms with E-state index in [1.165, 1.54) is 12.8 Å². The third-order valence-corrected chi connectivity index (χ3v) is 5.10. The summed E-state index contributed by atoms with van der Waals surface area (Å²) in [4.78, 5) is 14.7. The molecular formula is C17H35N3O. The van der Waals surface area contributed by atoms with E-state index in [2.05, 4.69) is 37.9 Å². The Hall–Kier alpha value is -0.610. The van der Waals surface area contributed by atoms with Gasteiger partial charge in [0.15, 0.2) is 0 Å². The van der Waals surface area contributed by atoms with E-state index in [4.69, 9.17) is 5.73 Å². The van der Waals surface area contributed by atoms with Crippen molar-refractivity contribution in [3.05, 3.63) is 0 Å². The second kappa shape index (κ2) is 8.74. The Balaban J connectivity index is 2.50. The summed E-state index contributed by atoms with van der Waals surface area (Å²) < 4.78 is 0. The third kappa shape index (κ3) is 5.59. The molecule has 1 aliphatic rings. The van der Waals surface area contributed by atoms with E-state index in [9.17, 15) is 4.79 Å². The van der Waals surface area contributed by atoms with Crippen molar-refractivity contribution in [2.45, 2.75) is 66.0 Å². The van der Waals surface area contributed by atoms with Crippen LogP contribution in [0.5, 0.6) is 0 Å². The van der Waals surface area contributed by atoms with E-state index in [-0.39, 0.29) is 17.9 Å². The summed E-state index contributed by atoms with van der Waals surface area (Å²) in [7, 11) is 0. The number of nitrogens with two attached hydrogens (primary N) is 1. The predicted molar refractivity (Wildman–Crippen MR) is 89.0 cm³/mol. The minimum atomic E-state index is -0.385. The fourth-order valence-corrected chi connectivity index (χ4v) is 2.98. The number of piperidine rings is 1. The Bertz CT molecular complexity index is 311. The highest BCUT2D eigenvalue weighted by Crippen LogP contribution is 2.21. The van der Waals surface area contributed by atoms with Crippen molar-refractivity contribution in [2.24, 2.45) is 23.5 Å². The molecule has 0 saturated carbocycles. The topological polar surface area (TPSA) is 58.4 Å². The highest BCUT2D eigenvalue weighted by Gasteiger charge is 2.27. The van der Waals surface area contributed by atoms with Crippen LogP contribution in [-0.2, 0) is 4.79 Å². The number of nitrogens with one attached hydrogen (secondary N) is 1. The molecule has 0 spiro atoms. The Morgan fingerprint density at radius 2 is 1.86 bits per heavy atom. The summed E-state index contributed by atoms with van der Waals surface area (Å²) in [5, 5.41) is 3.08. The maximum Gasteiger partial charge on any atom is 0.237 e. The van der Waals surface area contributed by atoms with Gasteiger partial charge in [0.2, 0.25) is 5.91 Å². The molecule has 0 aromatic rings. The van der Waals surface area contributed by atoms with Crippen molar-refractivity contribution in [3.63, 3.8) is 0 Å². The Morgan fingerprint density at radius 3 is 2.33 bits per heavy atom. The van der Waals surface area contributed by atoms with Crippen molar-refractivity contribution in [3.8, 4) is 0 Å². The molecule has 4 heteroatoms. The minimum absolute atomic E-state index is 0.000350. The molecule has 1 amide bonds. The third-order valence-electron chi connectivity index (χ3n) is 5.10. The van der Waals surface area contributed by atoms with Gasteiger partial charge in [-0.2, -0.15) is 0 Å². The summed E-state index contributed by atoms with van der Waals surface area (Å²) in [6, 6.07) is 0.0368. The van der Waals surface area contributed by atoms with E-state index < -0.39 is 0 Å².